The number of para-hydroxylation sites is 2. The minimum atomic E-state index is -4.49. The number of imidazole rings is 1. The summed E-state index contributed by atoms with van der Waals surface area (Å²) in [6.45, 7) is 2.47. The minimum absolute atomic E-state index is 0.245. The summed E-state index contributed by atoms with van der Waals surface area (Å²) in [6.07, 6.45) is -4.49. The molecule has 0 radical (unpaired) electrons. The third-order valence-corrected chi connectivity index (χ3v) is 5.28. The first-order valence-electron chi connectivity index (χ1n) is 9.67. The fourth-order valence-corrected chi connectivity index (χ4v) is 3.55. The number of carbonyl (C=O) groups is 1. The van der Waals surface area contributed by atoms with Crippen LogP contribution in [0.25, 0.3) is 11.0 Å². The highest BCUT2D eigenvalue weighted by molar-refractivity contribution is 5.86. The van der Waals surface area contributed by atoms with Crippen LogP contribution in [0, 0.1) is 0 Å². The van der Waals surface area contributed by atoms with Crippen molar-refractivity contribution in [2.24, 2.45) is 0 Å². The molecule has 0 bridgehead atoms. The molecule has 0 spiro atoms. The number of nitrogens with zero attached hydrogens (tertiary/aromatic N) is 3. The predicted molar refractivity (Wildman–Crippen MR) is 108 cm³/mol. The van der Waals surface area contributed by atoms with Crippen LogP contribution in [0.15, 0.2) is 48.5 Å². The van der Waals surface area contributed by atoms with Crippen LogP contribution in [0.3, 0.4) is 0 Å². The Morgan fingerprint density at radius 1 is 1.10 bits per heavy atom. The van der Waals surface area contributed by atoms with Gasteiger partial charge in [-0.2, -0.15) is 13.2 Å². The zero-order chi connectivity index (χ0) is 21.3. The average molecular weight is 417 g/mol. The predicted octanol–water partition coefficient (Wildman–Crippen LogP) is 3.51. The molecule has 2 aromatic carbocycles. The zero-order valence-electron chi connectivity index (χ0n) is 16.4. The number of likely N-dealkylation sites (N-methyl/N-ethyl adjacent to an activating group) is 1. The van der Waals surface area contributed by atoms with Crippen molar-refractivity contribution >= 4 is 22.9 Å². The number of rotatable bonds is 4. The number of aromatic nitrogens is 2. The number of alkyl halides is 3. The Labute approximate surface area is 171 Å². The van der Waals surface area contributed by atoms with Crippen molar-refractivity contribution in [2.75, 3.05) is 38.5 Å². The van der Waals surface area contributed by atoms with E-state index in [1.165, 1.54) is 12.1 Å². The lowest BCUT2D eigenvalue weighted by molar-refractivity contribution is -0.138. The molecule has 30 heavy (non-hydrogen) atoms. The largest absolute Gasteiger partial charge is 0.416 e. The number of piperazine rings is 1. The first-order chi connectivity index (χ1) is 14.3. The Bertz CT molecular complexity index is 1010. The van der Waals surface area contributed by atoms with Crippen LogP contribution in [-0.2, 0) is 11.0 Å². The zero-order valence-corrected chi connectivity index (χ0v) is 16.4. The molecule has 1 saturated heterocycles. The minimum Gasteiger partial charge on any atom is -0.340 e. The topological polar surface area (TPSA) is 64.3 Å². The summed E-state index contributed by atoms with van der Waals surface area (Å²) in [5.74, 6) is 0.0592. The highest BCUT2D eigenvalue weighted by Gasteiger charge is 2.33. The molecule has 1 unspecified atom stereocenters. The van der Waals surface area contributed by atoms with Crippen molar-refractivity contribution in [1.82, 2.24) is 19.8 Å². The maximum atomic E-state index is 13.3. The van der Waals surface area contributed by atoms with Crippen molar-refractivity contribution in [3.63, 3.8) is 0 Å². The van der Waals surface area contributed by atoms with Crippen molar-refractivity contribution in [3.8, 4) is 0 Å². The fraction of sp³-hybridized carbons (Fsp3) is 0.333. The van der Waals surface area contributed by atoms with E-state index in [9.17, 15) is 18.0 Å². The van der Waals surface area contributed by atoms with Crippen LogP contribution < -0.4 is 5.32 Å². The van der Waals surface area contributed by atoms with E-state index in [0.717, 1.165) is 17.6 Å². The first kappa shape index (κ1) is 20.2. The summed E-state index contributed by atoms with van der Waals surface area (Å²) in [4.78, 5) is 24.6. The third kappa shape index (κ3) is 4.25. The molecule has 158 valence electrons. The van der Waals surface area contributed by atoms with E-state index < -0.39 is 17.8 Å². The lowest BCUT2D eigenvalue weighted by Crippen LogP contribution is -2.49. The Balaban J connectivity index is 1.68. The van der Waals surface area contributed by atoms with E-state index in [0.29, 0.717) is 37.6 Å². The molecule has 1 aliphatic rings. The number of benzene rings is 2. The van der Waals surface area contributed by atoms with Crippen LogP contribution >= 0.6 is 0 Å². The van der Waals surface area contributed by atoms with Gasteiger partial charge < -0.3 is 20.1 Å². The number of halogens is 3. The molecule has 1 atom stereocenters. The molecule has 1 amide bonds. The number of nitrogens with one attached hydrogen (secondary N) is 2. The van der Waals surface area contributed by atoms with Crippen LogP contribution in [0.1, 0.15) is 17.2 Å². The van der Waals surface area contributed by atoms with E-state index in [1.54, 1.807) is 4.90 Å². The molecule has 3 aromatic rings. The van der Waals surface area contributed by atoms with Crippen molar-refractivity contribution < 1.29 is 18.0 Å². The molecule has 2 heterocycles. The summed E-state index contributed by atoms with van der Waals surface area (Å²) in [6, 6.07) is 11.2. The SMILES string of the molecule is CN1CCN(C(=O)C(Nc2nc3ccccc3[nH]2)c2cccc(C(F)(F)F)c2)CC1. The van der Waals surface area contributed by atoms with Gasteiger partial charge in [0.15, 0.2) is 0 Å². The Kier molecular flexibility index (Phi) is 5.38. The number of anilines is 1. The van der Waals surface area contributed by atoms with Gasteiger partial charge in [-0.3, -0.25) is 4.79 Å². The van der Waals surface area contributed by atoms with Crippen molar-refractivity contribution in [1.29, 1.82) is 0 Å². The lowest BCUT2D eigenvalue weighted by Gasteiger charge is -2.35. The summed E-state index contributed by atoms with van der Waals surface area (Å²) < 4.78 is 39.8. The van der Waals surface area contributed by atoms with Gasteiger partial charge in [-0.15, -0.1) is 0 Å². The van der Waals surface area contributed by atoms with Crippen molar-refractivity contribution in [3.05, 3.63) is 59.7 Å². The molecule has 1 aromatic heterocycles. The number of hydrogen-bond acceptors (Lipinski definition) is 4. The molecule has 9 heteroatoms. The first-order valence-corrected chi connectivity index (χ1v) is 9.67. The number of amides is 1. The number of carbonyl (C=O) groups excluding carboxylic acids is 1. The van der Waals surface area contributed by atoms with Gasteiger partial charge in [-0.1, -0.05) is 24.3 Å². The second-order valence-electron chi connectivity index (χ2n) is 7.43. The van der Waals surface area contributed by atoms with Gasteiger partial charge >= 0.3 is 6.18 Å². The highest BCUT2D eigenvalue weighted by atomic mass is 19.4. The molecule has 4 rings (SSSR count). The molecule has 0 aliphatic carbocycles. The normalized spacial score (nSPS) is 16.6. The van der Waals surface area contributed by atoms with E-state index in [-0.39, 0.29) is 11.5 Å². The van der Waals surface area contributed by atoms with Gasteiger partial charge in [0.1, 0.15) is 6.04 Å². The summed E-state index contributed by atoms with van der Waals surface area (Å²) in [5.41, 5.74) is 0.932. The number of hydrogen-bond donors (Lipinski definition) is 2. The average Bonchev–Trinajstić information content (AvgIpc) is 3.14. The summed E-state index contributed by atoms with van der Waals surface area (Å²) >= 11 is 0. The molecule has 1 aliphatic heterocycles. The summed E-state index contributed by atoms with van der Waals surface area (Å²) in [7, 11) is 1.97. The second kappa shape index (κ2) is 7.98. The van der Waals surface area contributed by atoms with E-state index in [2.05, 4.69) is 20.2 Å². The van der Waals surface area contributed by atoms with Crippen LogP contribution in [0.2, 0.25) is 0 Å². The third-order valence-electron chi connectivity index (χ3n) is 5.28. The molecular weight excluding hydrogens is 395 g/mol. The van der Waals surface area contributed by atoms with Gasteiger partial charge in [-0.05, 0) is 36.9 Å². The van der Waals surface area contributed by atoms with Crippen molar-refractivity contribution in [2.45, 2.75) is 12.2 Å². The van der Waals surface area contributed by atoms with E-state index >= 15 is 0 Å². The van der Waals surface area contributed by atoms with Crippen LogP contribution in [0.4, 0.5) is 19.1 Å². The Morgan fingerprint density at radius 2 is 1.83 bits per heavy atom. The quantitative estimate of drug-likeness (QED) is 0.682. The number of H-pyrrole nitrogens is 1. The van der Waals surface area contributed by atoms with Gasteiger partial charge in [0.25, 0.3) is 0 Å². The molecular formula is C21H22F3N5O. The van der Waals surface area contributed by atoms with Gasteiger partial charge in [-0.25, -0.2) is 4.98 Å². The Morgan fingerprint density at radius 3 is 2.53 bits per heavy atom. The molecule has 0 saturated carbocycles. The van der Waals surface area contributed by atoms with Crippen LogP contribution in [0.5, 0.6) is 0 Å². The fourth-order valence-electron chi connectivity index (χ4n) is 3.55. The maximum Gasteiger partial charge on any atom is 0.416 e. The van der Waals surface area contributed by atoms with E-state index in [4.69, 9.17) is 0 Å². The van der Waals surface area contributed by atoms with Gasteiger partial charge in [0.05, 0.1) is 16.6 Å². The molecule has 2 N–H and O–H groups in total. The molecule has 6 nitrogen and oxygen atoms in total. The lowest BCUT2D eigenvalue weighted by atomic mass is 10.0. The van der Waals surface area contributed by atoms with E-state index in [1.807, 2.05) is 31.3 Å². The monoisotopic (exact) mass is 417 g/mol. The second-order valence-corrected chi connectivity index (χ2v) is 7.43. The van der Waals surface area contributed by atoms with Gasteiger partial charge in [0, 0.05) is 26.2 Å². The molecule has 1 fully saturated rings. The Hall–Kier alpha value is -3.07. The maximum absolute atomic E-state index is 13.3. The number of fused-ring (bicyclic) bond motifs is 1. The van der Waals surface area contributed by atoms with Crippen LogP contribution in [-0.4, -0.2) is 58.9 Å². The standard InChI is InChI=1S/C21H22F3N5O/c1-28-9-11-29(12-10-28)19(30)18(14-5-4-6-15(13-14)21(22,23)24)27-20-25-16-7-2-3-8-17(16)26-20/h2-8,13,18H,9-12H2,1H3,(H2,25,26,27). The summed E-state index contributed by atoms with van der Waals surface area (Å²) in [5, 5.41) is 3.03. The number of aromatic amines is 1. The van der Waals surface area contributed by atoms with Gasteiger partial charge in [0.2, 0.25) is 11.9 Å². The highest BCUT2D eigenvalue weighted by Crippen LogP contribution is 2.32. The smallest absolute Gasteiger partial charge is 0.340 e.